The molecular weight excluding hydrogens is 763 g/mol. The molecule has 0 bridgehead atoms. The highest BCUT2D eigenvalue weighted by atomic mass is 16.2. The van der Waals surface area contributed by atoms with Gasteiger partial charge in [0.1, 0.15) is 23.9 Å². The van der Waals surface area contributed by atoms with Crippen molar-refractivity contribution in [1.82, 2.24) is 39.7 Å². The van der Waals surface area contributed by atoms with Crippen molar-refractivity contribution in [1.29, 1.82) is 0 Å². The van der Waals surface area contributed by atoms with Crippen molar-refractivity contribution in [3.63, 3.8) is 0 Å². The van der Waals surface area contributed by atoms with Crippen LogP contribution in [0, 0.1) is 18.8 Å². The summed E-state index contributed by atoms with van der Waals surface area (Å²) < 4.78 is 1.67. The molecule has 2 saturated heterocycles. The summed E-state index contributed by atoms with van der Waals surface area (Å²) in [5.41, 5.74) is 6.32. The fraction of sp³-hybridized carbons (Fsp3) is 0.250. The number of piperidine rings is 1. The number of aromatic nitrogens is 5. The van der Waals surface area contributed by atoms with Gasteiger partial charge in [-0.25, -0.2) is 19.5 Å². The number of imidazole rings is 1. The van der Waals surface area contributed by atoms with Crippen molar-refractivity contribution in [2.24, 2.45) is 0 Å². The average molecular weight is 802 g/mol. The predicted molar refractivity (Wildman–Crippen MR) is 222 cm³/mol. The number of anilines is 3. The molecule has 5 amide bonds. The van der Waals surface area contributed by atoms with Crippen molar-refractivity contribution in [3.05, 3.63) is 119 Å². The SMILES string of the molecule is Cc1ccc(C(=O)Nc2ccc3c(N4CCN(CCC(=O)Nc5cccc6c5C(=O)N(C5CCC(=O)NC5=O)C6)CC4)ncnc3c2)cc1C#Cc1cnc2cccnn12. The minimum Gasteiger partial charge on any atom is -0.353 e. The van der Waals surface area contributed by atoms with Crippen LogP contribution in [0.25, 0.3) is 16.6 Å². The third-order valence-electron chi connectivity index (χ3n) is 11.1. The maximum Gasteiger partial charge on any atom is 0.257 e. The Hall–Kier alpha value is -7.51. The van der Waals surface area contributed by atoms with Crippen molar-refractivity contribution in [2.45, 2.75) is 38.8 Å². The van der Waals surface area contributed by atoms with Gasteiger partial charge >= 0.3 is 0 Å². The molecule has 0 radical (unpaired) electrons. The van der Waals surface area contributed by atoms with E-state index in [1.807, 2.05) is 49.4 Å². The fourth-order valence-electron chi connectivity index (χ4n) is 7.89. The second-order valence-electron chi connectivity index (χ2n) is 15.0. The van der Waals surface area contributed by atoms with Crippen LogP contribution in [0.4, 0.5) is 17.2 Å². The third-order valence-corrected chi connectivity index (χ3v) is 11.1. The number of rotatable bonds is 8. The van der Waals surface area contributed by atoms with E-state index in [1.54, 1.807) is 41.2 Å². The highest BCUT2D eigenvalue weighted by Crippen LogP contribution is 2.33. The van der Waals surface area contributed by atoms with E-state index in [0.29, 0.717) is 72.1 Å². The zero-order valence-corrected chi connectivity index (χ0v) is 32.6. The van der Waals surface area contributed by atoms with E-state index >= 15 is 0 Å². The number of hydrogen-bond donors (Lipinski definition) is 3. The maximum absolute atomic E-state index is 13.4. The van der Waals surface area contributed by atoms with Gasteiger partial charge in [-0.05, 0) is 78.9 Å². The molecule has 1 atom stereocenters. The van der Waals surface area contributed by atoms with Crippen LogP contribution in [0.2, 0.25) is 0 Å². The van der Waals surface area contributed by atoms with Crippen LogP contribution in [-0.2, 0) is 20.9 Å². The summed E-state index contributed by atoms with van der Waals surface area (Å²) in [4.78, 5) is 83.4. The molecule has 3 N–H and O–H groups in total. The molecule has 0 aliphatic carbocycles. The van der Waals surface area contributed by atoms with Crippen LogP contribution >= 0.6 is 0 Å². The van der Waals surface area contributed by atoms with Crippen LogP contribution < -0.4 is 20.9 Å². The molecule has 60 heavy (non-hydrogen) atoms. The lowest BCUT2D eigenvalue weighted by atomic mass is 10.0. The molecule has 0 saturated carbocycles. The predicted octanol–water partition coefficient (Wildman–Crippen LogP) is 3.54. The topological polar surface area (TPSA) is 187 Å². The van der Waals surface area contributed by atoms with Crippen molar-refractivity contribution in [2.75, 3.05) is 48.3 Å². The summed E-state index contributed by atoms with van der Waals surface area (Å²) in [5.74, 6) is 5.46. The van der Waals surface area contributed by atoms with Crippen molar-refractivity contribution in [3.8, 4) is 11.8 Å². The summed E-state index contributed by atoms with van der Waals surface area (Å²) in [5, 5.41) is 13.4. The second-order valence-corrected chi connectivity index (χ2v) is 15.0. The first kappa shape index (κ1) is 38.0. The zero-order chi connectivity index (χ0) is 41.3. The molecule has 2 fully saturated rings. The summed E-state index contributed by atoms with van der Waals surface area (Å²) in [7, 11) is 0. The molecule has 16 nitrogen and oxygen atoms in total. The maximum atomic E-state index is 13.4. The van der Waals surface area contributed by atoms with Gasteiger partial charge in [-0.15, -0.1) is 0 Å². The fourth-order valence-corrected chi connectivity index (χ4v) is 7.89. The van der Waals surface area contributed by atoms with Gasteiger partial charge in [0.2, 0.25) is 17.7 Å². The number of amides is 5. The number of carbonyl (C=O) groups is 5. The molecule has 300 valence electrons. The highest BCUT2D eigenvalue weighted by Gasteiger charge is 2.40. The van der Waals surface area contributed by atoms with E-state index in [0.717, 1.165) is 27.9 Å². The zero-order valence-electron chi connectivity index (χ0n) is 32.6. The second kappa shape index (κ2) is 16.0. The van der Waals surface area contributed by atoms with Gasteiger partial charge in [0.15, 0.2) is 5.65 Å². The lowest BCUT2D eigenvalue weighted by molar-refractivity contribution is -0.137. The standard InChI is InChI=1S/C44H39N11O5/c1-27-7-8-29(22-28(27)9-11-32-24-45-37-6-3-16-48-55(32)37)42(58)49-31-10-12-33-35(23-31)46-26-47-41(33)53-20-18-52(19-21-53)17-15-39(57)50-34-5-2-4-30-25-54(44(60)40(30)34)36-13-14-38(56)51-43(36)59/h2-8,10,12,16,22-24,26,36H,13-15,17-21,25H2,1H3,(H,49,58)(H,50,57)(H,51,56,59). The third kappa shape index (κ3) is 7.61. The first-order valence-electron chi connectivity index (χ1n) is 19.7. The van der Waals surface area contributed by atoms with E-state index in [-0.39, 0.29) is 49.4 Å². The monoisotopic (exact) mass is 801 g/mol. The molecule has 0 spiro atoms. The Morgan fingerprint density at radius 2 is 1.78 bits per heavy atom. The van der Waals surface area contributed by atoms with Crippen LogP contribution in [-0.4, -0.2) is 103 Å². The molecule has 3 aliphatic heterocycles. The molecule has 3 aromatic carbocycles. The Bertz CT molecular complexity index is 2800. The number of carbonyl (C=O) groups excluding carboxylic acids is 5. The Morgan fingerprint density at radius 1 is 0.917 bits per heavy atom. The number of benzene rings is 3. The molecule has 3 aliphatic rings. The number of piperazine rings is 1. The van der Waals surface area contributed by atoms with Crippen LogP contribution in [0.15, 0.2) is 85.5 Å². The lowest BCUT2D eigenvalue weighted by Gasteiger charge is -2.35. The Balaban J connectivity index is 0.791. The molecule has 1 unspecified atom stereocenters. The van der Waals surface area contributed by atoms with Gasteiger partial charge in [0, 0.05) is 80.5 Å². The largest absolute Gasteiger partial charge is 0.353 e. The van der Waals surface area contributed by atoms with Gasteiger partial charge < -0.3 is 20.4 Å². The highest BCUT2D eigenvalue weighted by molar-refractivity contribution is 6.10. The van der Waals surface area contributed by atoms with E-state index in [2.05, 4.69) is 57.6 Å². The van der Waals surface area contributed by atoms with Crippen LogP contribution in [0.3, 0.4) is 0 Å². The first-order valence-corrected chi connectivity index (χ1v) is 19.7. The molecule has 6 aromatic rings. The number of nitrogens with one attached hydrogen (secondary N) is 3. The van der Waals surface area contributed by atoms with Crippen molar-refractivity contribution < 1.29 is 24.0 Å². The van der Waals surface area contributed by atoms with Gasteiger partial charge in [0.05, 0.1) is 23.0 Å². The van der Waals surface area contributed by atoms with Gasteiger partial charge in [-0.3, -0.25) is 34.2 Å². The number of aryl methyl sites for hydroxylation is 1. The summed E-state index contributed by atoms with van der Waals surface area (Å²) >= 11 is 0. The average Bonchev–Trinajstić information content (AvgIpc) is 3.83. The number of hydrogen-bond acceptors (Lipinski definition) is 11. The smallest absolute Gasteiger partial charge is 0.257 e. The van der Waals surface area contributed by atoms with E-state index < -0.39 is 11.9 Å². The molecule has 6 heterocycles. The molecular formula is C44H39N11O5. The molecule has 3 aromatic heterocycles. The minimum atomic E-state index is -0.726. The summed E-state index contributed by atoms with van der Waals surface area (Å²) in [6, 6.07) is 19.3. The van der Waals surface area contributed by atoms with Gasteiger partial charge in [-0.1, -0.05) is 24.1 Å². The minimum absolute atomic E-state index is 0.173. The van der Waals surface area contributed by atoms with Crippen LogP contribution in [0.5, 0.6) is 0 Å². The molecule has 9 rings (SSSR count). The number of imide groups is 1. The van der Waals surface area contributed by atoms with E-state index in [4.69, 9.17) is 0 Å². The Morgan fingerprint density at radius 3 is 2.63 bits per heavy atom. The Kier molecular flexibility index (Phi) is 10.2. The number of fused-ring (bicyclic) bond motifs is 3. The first-order chi connectivity index (χ1) is 29.2. The summed E-state index contributed by atoms with van der Waals surface area (Å²) in [6.45, 7) is 5.53. The van der Waals surface area contributed by atoms with E-state index in [9.17, 15) is 24.0 Å². The quantitative estimate of drug-likeness (QED) is 0.151. The summed E-state index contributed by atoms with van der Waals surface area (Å²) in [6.07, 6.45) is 5.56. The molecule has 16 heteroatoms. The van der Waals surface area contributed by atoms with Crippen LogP contribution in [0.1, 0.15) is 62.4 Å². The Labute approximate surface area is 344 Å². The van der Waals surface area contributed by atoms with Gasteiger partial charge in [0.25, 0.3) is 11.8 Å². The van der Waals surface area contributed by atoms with E-state index in [1.165, 1.54) is 11.2 Å². The number of nitrogens with zero attached hydrogens (tertiary/aromatic N) is 8. The van der Waals surface area contributed by atoms with Crippen molar-refractivity contribution >= 4 is 63.3 Å². The lowest BCUT2D eigenvalue weighted by Crippen LogP contribution is -2.52. The normalized spacial score (nSPS) is 16.7. The van der Waals surface area contributed by atoms with Gasteiger partial charge in [-0.2, -0.15) is 5.10 Å².